The molecular formula is C15H21N3. The Bertz CT molecular complexity index is 401. The van der Waals surface area contributed by atoms with Gasteiger partial charge in [0.05, 0.1) is 6.07 Å². The van der Waals surface area contributed by atoms with Crippen molar-refractivity contribution in [3.05, 3.63) is 35.9 Å². The van der Waals surface area contributed by atoms with Gasteiger partial charge in [0.2, 0.25) is 0 Å². The Labute approximate surface area is 109 Å². The largest absolute Gasteiger partial charge is 0.317 e. The third kappa shape index (κ3) is 2.72. The van der Waals surface area contributed by atoms with Gasteiger partial charge in [-0.25, -0.2) is 0 Å². The van der Waals surface area contributed by atoms with E-state index < -0.39 is 0 Å². The Balaban J connectivity index is 2.14. The smallest absolute Gasteiger partial charge is 0.111 e. The van der Waals surface area contributed by atoms with Gasteiger partial charge in [0, 0.05) is 6.54 Å². The average Bonchev–Trinajstić information content (AvgIpc) is 2.46. The zero-order valence-corrected chi connectivity index (χ0v) is 11.0. The predicted octanol–water partition coefficient (Wildman–Crippen LogP) is 2.15. The Hall–Kier alpha value is -1.37. The molecule has 1 N–H and O–H groups in total. The van der Waals surface area contributed by atoms with Crippen molar-refractivity contribution in [3.8, 4) is 6.07 Å². The molecule has 1 aromatic carbocycles. The second kappa shape index (κ2) is 5.99. The number of hydrogen-bond donors (Lipinski definition) is 1. The van der Waals surface area contributed by atoms with Crippen LogP contribution < -0.4 is 5.32 Å². The van der Waals surface area contributed by atoms with Crippen LogP contribution in [-0.2, 0) is 6.54 Å². The molecule has 0 unspecified atom stereocenters. The maximum absolute atomic E-state index is 9.60. The lowest BCUT2D eigenvalue weighted by Crippen LogP contribution is -2.53. The summed E-state index contributed by atoms with van der Waals surface area (Å²) in [7, 11) is 0. The van der Waals surface area contributed by atoms with Crippen molar-refractivity contribution in [1.82, 2.24) is 10.2 Å². The molecule has 1 aliphatic heterocycles. The molecule has 0 aromatic heterocycles. The fraction of sp³-hybridized carbons (Fsp3) is 0.533. The number of benzene rings is 1. The number of piperidine rings is 1. The van der Waals surface area contributed by atoms with Crippen molar-refractivity contribution >= 4 is 0 Å². The van der Waals surface area contributed by atoms with Crippen molar-refractivity contribution in [2.24, 2.45) is 0 Å². The minimum absolute atomic E-state index is 0.282. The number of rotatable bonds is 4. The van der Waals surface area contributed by atoms with E-state index in [0.29, 0.717) is 0 Å². The minimum Gasteiger partial charge on any atom is -0.317 e. The van der Waals surface area contributed by atoms with Crippen LogP contribution in [0.1, 0.15) is 25.3 Å². The Morgan fingerprint density at radius 1 is 1.28 bits per heavy atom. The summed E-state index contributed by atoms with van der Waals surface area (Å²) in [5, 5.41) is 12.9. The Kier molecular flexibility index (Phi) is 4.35. The first-order chi connectivity index (χ1) is 8.80. The summed E-state index contributed by atoms with van der Waals surface area (Å²) < 4.78 is 0. The van der Waals surface area contributed by atoms with Gasteiger partial charge in [-0.15, -0.1) is 0 Å². The molecule has 1 aromatic rings. The molecule has 18 heavy (non-hydrogen) atoms. The Morgan fingerprint density at radius 2 is 1.94 bits per heavy atom. The second-order valence-corrected chi connectivity index (χ2v) is 4.89. The molecule has 0 amide bonds. The molecule has 3 nitrogen and oxygen atoms in total. The van der Waals surface area contributed by atoms with Crippen molar-refractivity contribution < 1.29 is 0 Å². The maximum atomic E-state index is 9.60. The number of nitriles is 1. The SMILES string of the molecule is CCN(Cc1ccccc1)C1(C#N)CCNCC1. The van der Waals surface area contributed by atoms with Gasteiger partial charge in [-0.05, 0) is 38.0 Å². The zero-order valence-electron chi connectivity index (χ0n) is 11.0. The second-order valence-electron chi connectivity index (χ2n) is 4.89. The molecule has 1 saturated heterocycles. The van der Waals surface area contributed by atoms with E-state index in [-0.39, 0.29) is 5.54 Å². The van der Waals surface area contributed by atoms with E-state index in [2.05, 4.69) is 47.5 Å². The van der Waals surface area contributed by atoms with Crippen LogP contribution in [0.2, 0.25) is 0 Å². The summed E-state index contributed by atoms with van der Waals surface area (Å²) in [5.74, 6) is 0. The summed E-state index contributed by atoms with van der Waals surface area (Å²) in [6.07, 6.45) is 1.84. The summed E-state index contributed by atoms with van der Waals surface area (Å²) in [4.78, 5) is 2.32. The van der Waals surface area contributed by atoms with Gasteiger partial charge < -0.3 is 5.32 Å². The monoisotopic (exact) mass is 243 g/mol. The highest BCUT2D eigenvalue weighted by molar-refractivity contribution is 5.17. The van der Waals surface area contributed by atoms with Crippen molar-refractivity contribution in [2.45, 2.75) is 31.8 Å². The molecule has 0 aliphatic carbocycles. The fourth-order valence-electron chi connectivity index (χ4n) is 2.71. The van der Waals surface area contributed by atoms with Crippen LogP contribution in [0.25, 0.3) is 0 Å². The first-order valence-corrected chi connectivity index (χ1v) is 6.72. The number of nitrogens with zero attached hydrogens (tertiary/aromatic N) is 2. The third-order valence-electron chi connectivity index (χ3n) is 3.84. The predicted molar refractivity (Wildman–Crippen MR) is 73.0 cm³/mol. The lowest BCUT2D eigenvalue weighted by Gasteiger charge is -2.41. The van der Waals surface area contributed by atoms with Gasteiger partial charge in [0.1, 0.15) is 5.54 Å². The molecule has 1 heterocycles. The lowest BCUT2D eigenvalue weighted by molar-refractivity contribution is 0.102. The molecule has 1 fully saturated rings. The van der Waals surface area contributed by atoms with E-state index in [1.54, 1.807) is 0 Å². The van der Waals surface area contributed by atoms with E-state index >= 15 is 0 Å². The standard InChI is InChI=1S/C15H21N3/c1-2-18(12-14-6-4-3-5-7-14)15(13-16)8-10-17-11-9-15/h3-7,17H,2,8-12H2,1H3. The zero-order chi connectivity index (χ0) is 12.8. The Morgan fingerprint density at radius 3 is 2.50 bits per heavy atom. The van der Waals surface area contributed by atoms with Crippen LogP contribution in [0.15, 0.2) is 30.3 Å². The highest BCUT2D eigenvalue weighted by Crippen LogP contribution is 2.27. The first kappa shape index (κ1) is 13.1. The van der Waals surface area contributed by atoms with Crippen LogP contribution in [0.3, 0.4) is 0 Å². The van der Waals surface area contributed by atoms with Crippen molar-refractivity contribution in [3.63, 3.8) is 0 Å². The lowest BCUT2D eigenvalue weighted by atomic mass is 9.87. The number of hydrogen-bond acceptors (Lipinski definition) is 3. The van der Waals surface area contributed by atoms with Crippen LogP contribution in [0, 0.1) is 11.3 Å². The fourth-order valence-corrected chi connectivity index (χ4v) is 2.71. The molecule has 96 valence electrons. The molecule has 0 spiro atoms. The summed E-state index contributed by atoms with van der Waals surface area (Å²) in [6.45, 7) is 5.81. The van der Waals surface area contributed by atoms with E-state index in [1.165, 1.54) is 5.56 Å². The number of nitrogens with one attached hydrogen (secondary N) is 1. The van der Waals surface area contributed by atoms with Gasteiger partial charge in [-0.3, -0.25) is 4.90 Å². The molecule has 2 rings (SSSR count). The average molecular weight is 243 g/mol. The summed E-state index contributed by atoms with van der Waals surface area (Å²) in [6, 6.07) is 13.0. The molecular weight excluding hydrogens is 222 g/mol. The van der Waals surface area contributed by atoms with Crippen LogP contribution >= 0.6 is 0 Å². The molecule has 0 radical (unpaired) electrons. The third-order valence-corrected chi connectivity index (χ3v) is 3.84. The molecule has 1 aliphatic rings. The van der Waals surface area contributed by atoms with E-state index in [4.69, 9.17) is 0 Å². The van der Waals surface area contributed by atoms with Gasteiger partial charge in [-0.2, -0.15) is 5.26 Å². The van der Waals surface area contributed by atoms with Crippen molar-refractivity contribution in [2.75, 3.05) is 19.6 Å². The molecule has 0 bridgehead atoms. The summed E-state index contributed by atoms with van der Waals surface area (Å²) >= 11 is 0. The van der Waals surface area contributed by atoms with Gasteiger partial charge in [0.15, 0.2) is 0 Å². The van der Waals surface area contributed by atoms with Crippen molar-refractivity contribution in [1.29, 1.82) is 5.26 Å². The van der Waals surface area contributed by atoms with Gasteiger partial charge >= 0.3 is 0 Å². The van der Waals surface area contributed by atoms with E-state index in [1.807, 2.05) is 6.07 Å². The molecule has 3 heteroatoms. The minimum atomic E-state index is -0.282. The highest BCUT2D eigenvalue weighted by atomic mass is 15.2. The molecule has 0 saturated carbocycles. The van der Waals surface area contributed by atoms with Gasteiger partial charge in [-0.1, -0.05) is 37.3 Å². The van der Waals surface area contributed by atoms with Gasteiger partial charge in [0.25, 0.3) is 0 Å². The van der Waals surface area contributed by atoms with Crippen LogP contribution in [0.4, 0.5) is 0 Å². The van der Waals surface area contributed by atoms with E-state index in [0.717, 1.165) is 39.0 Å². The topological polar surface area (TPSA) is 39.1 Å². The van der Waals surface area contributed by atoms with Crippen LogP contribution in [0.5, 0.6) is 0 Å². The molecule has 0 atom stereocenters. The normalized spacial score (nSPS) is 18.5. The summed E-state index contributed by atoms with van der Waals surface area (Å²) in [5.41, 5.74) is 1.00. The first-order valence-electron chi connectivity index (χ1n) is 6.72. The van der Waals surface area contributed by atoms with E-state index in [9.17, 15) is 5.26 Å². The quantitative estimate of drug-likeness (QED) is 0.880. The van der Waals surface area contributed by atoms with Crippen LogP contribution in [-0.4, -0.2) is 30.1 Å². The highest BCUT2D eigenvalue weighted by Gasteiger charge is 2.37. The maximum Gasteiger partial charge on any atom is 0.111 e.